The lowest BCUT2D eigenvalue weighted by Gasteiger charge is -2.31. The topological polar surface area (TPSA) is 64.1 Å². The summed E-state index contributed by atoms with van der Waals surface area (Å²) in [6, 6.07) is 7.92. The summed E-state index contributed by atoms with van der Waals surface area (Å²) in [5.74, 6) is 2.23. The summed E-state index contributed by atoms with van der Waals surface area (Å²) >= 11 is 0. The average Bonchev–Trinajstić information content (AvgIpc) is 3.15. The minimum absolute atomic E-state index is 0.0242. The molecule has 4 rings (SSSR count). The molecule has 1 fully saturated rings. The van der Waals surface area contributed by atoms with Gasteiger partial charge in [-0.25, -0.2) is 4.98 Å². The van der Waals surface area contributed by atoms with E-state index in [4.69, 9.17) is 14.2 Å². The van der Waals surface area contributed by atoms with Gasteiger partial charge in [-0.3, -0.25) is 4.79 Å². The summed E-state index contributed by atoms with van der Waals surface area (Å²) < 4.78 is 17.2. The van der Waals surface area contributed by atoms with Crippen LogP contribution in [0.3, 0.4) is 0 Å². The van der Waals surface area contributed by atoms with Gasteiger partial charge in [-0.15, -0.1) is 0 Å². The molecule has 2 aliphatic heterocycles. The van der Waals surface area contributed by atoms with E-state index in [0.717, 1.165) is 54.4 Å². The first-order valence-corrected chi connectivity index (χ1v) is 9.09. The lowest BCUT2D eigenvalue weighted by atomic mass is 10.2. The number of methoxy groups -OCH3 is 1. The first-order valence-electron chi connectivity index (χ1n) is 9.09. The maximum absolute atomic E-state index is 10.9. The second-order valence-corrected chi connectivity index (χ2v) is 6.78. The molecule has 0 N–H and O–H groups in total. The summed E-state index contributed by atoms with van der Waals surface area (Å²) in [6.45, 7) is 4.68. The van der Waals surface area contributed by atoms with Crippen molar-refractivity contribution in [3.05, 3.63) is 36.0 Å². The number of hydrogen-bond acceptors (Lipinski definition) is 6. The highest BCUT2D eigenvalue weighted by Gasteiger charge is 2.25. The highest BCUT2D eigenvalue weighted by molar-refractivity contribution is 5.72. The number of nitrogens with zero attached hydrogens (tertiary/aromatic N) is 3. The maximum Gasteiger partial charge on any atom is 0.216 e. The lowest BCUT2D eigenvalue weighted by Crippen LogP contribution is -2.29. The smallest absolute Gasteiger partial charge is 0.216 e. The number of ether oxygens (including phenoxy) is 3. The molecular weight excluding hydrogens is 346 g/mol. The second-order valence-electron chi connectivity index (χ2n) is 6.78. The van der Waals surface area contributed by atoms with Crippen LogP contribution in [0, 0.1) is 6.92 Å². The van der Waals surface area contributed by atoms with Crippen LogP contribution < -0.4 is 19.1 Å². The van der Waals surface area contributed by atoms with Crippen LogP contribution >= 0.6 is 0 Å². The number of carbonyl (C=O) groups is 1. The average molecular weight is 369 g/mol. The third kappa shape index (κ3) is 3.49. The van der Waals surface area contributed by atoms with E-state index < -0.39 is 0 Å². The van der Waals surface area contributed by atoms with Crippen molar-refractivity contribution in [3.63, 3.8) is 0 Å². The zero-order chi connectivity index (χ0) is 18.8. The molecule has 0 unspecified atom stereocenters. The third-order valence-electron chi connectivity index (χ3n) is 4.94. The summed E-state index contributed by atoms with van der Waals surface area (Å²) in [5.41, 5.74) is 2.92. The summed E-state index contributed by atoms with van der Waals surface area (Å²) in [7, 11) is 1.62. The van der Waals surface area contributed by atoms with Crippen molar-refractivity contribution in [2.75, 3.05) is 38.3 Å². The third-order valence-corrected chi connectivity index (χ3v) is 4.94. The molecule has 7 heteroatoms. The van der Waals surface area contributed by atoms with Crippen molar-refractivity contribution < 1.29 is 19.0 Å². The molecule has 1 amide bonds. The Morgan fingerprint density at radius 1 is 1.30 bits per heavy atom. The van der Waals surface area contributed by atoms with E-state index in [-0.39, 0.29) is 6.10 Å². The van der Waals surface area contributed by atoms with Crippen molar-refractivity contribution in [2.45, 2.75) is 19.4 Å². The largest absolute Gasteiger partial charge is 0.490 e. The fourth-order valence-electron chi connectivity index (χ4n) is 3.59. The Kier molecular flexibility index (Phi) is 4.75. The van der Waals surface area contributed by atoms with Crippen LogP contribution in [-0.4, -0.2) is 55.7 Å². The molecule has 1 atom stereocenters. The van der Waals surface area contributed by atoms with E-state index in [9.17, 15) is 4.79 Å². The Bertz CT molecular complexity index is 842. The lowest BCUT2D eigenvalue weighted by molar-refractivity contribution is -0.117. The van der Waals surface area contributed by atoms with E-state index >= 15 is 0 Å². The Labute approximate surface area is 158 Å². The fraction of sp³-hybridized carbons (Fsp3) is 0.400. The number of benzene rings is 1. The molecule has 7 nitrogen and oxygen atoms in total. The summed E-state index contributed by atoms with van der Waals surface area (Å²) in [6.07, 6.45) is 3.56. The van der Waals surface area contributed by atoms with Crippen molar-refractivity contribution >= 4 is 17.8 Å². The first kappa shape index (κ1) is 17.5. The molecule has 0 aliphatic carbocycles. The number of fused-ring (bicyclic) bond motifs is 1. The van der Waals surface area contributed by atoms with Gasteiger partial charge in [0.25, 0.3) is 0 Å². The standard InChI is InChI=1S/C20H23N3O4/c1-14-9-15(11-21-20(14)25-2)23-7-8-26-19-4-3-16(10-18(19)23)27-17-5-6-22(12-17)13-24/h3-4,9-11,13,17H,5-8,12H2,1-2H3/t17-/m0/s1. The highest BCUT2D eigenvalue weighted by Crippen LogP contribution is 2.40. The van der Waals surface area contributed by atoms with Gasteiger partial charge in [-0.1, -0.05) is 0 Å². The van der Waals surface area contributed by atoms with E-state index in [2.05, 4.69) is 16.0 Å². The Morgan fingerprint density at radius 3 is 2.93 bits per heavy atom. The number of likely N-dealkylation sites (tertiary alicyclic amines) is 1. The number of hydrogen-bond donors (Lipinski definition) is 0. The molecule has 0 bridgehead atoms. The van der Waals surface area contributed by atoms with Gasteiger partial charge in [0.05, 0.1) is 37.8 Å². The van der Waals surface area contributed by atoms with Crippen LogP contribution in [0.5, 0.6) is 17.4 Å². The van der Waals surface area contributed by atoms with Gasteiger partial charge in [0.1, 0.15) is 24.2 Å². The van der Waals surface area contributed by atoms with Gasteiger partial charge < -0.3 is 24.0 Å². The Balaban J connectivity index is 1.59. The molecule has 0 radical (unpaired) electrons. The Hall–Kier alpha value is -2.96. The van der Waals surface area contributed by atoms with Crippen molar-refractivity contribution in [1.82, 2.24) is 9.88 Å². The molecule has 0 saturated carbocycles. The number of anilines is 2. The molecule has 1 saturated heterocycles. The zero-order valence-corrected chi connectivity index (χ0v) is 15.6. The van der Waals surface area contributed by atoms with Gasteiger partial charge in [-0.2, -0.15) is 0 Å². The minimum Gasteiger partial charge on any atom is -0.490 e. The van der Waals surface area contributed by atoms with Gasteiger partial charge in [-0.05, 0) is 25.1 Å². The number of carbonyl (C=O) groups excluding carboxylic acids is 1. The number of amides is 1. The molecule has 142 valence electrons. The van der Waals surface area contributed by atoms with Crippen LogP contribution in [0.2, 0.25) is 0 Å². The normalized spacial score (nSPS) is 18.7. The van der Waals surface area contributed by atoms with Gasteiger partial charge in [0.15, 0.2) is 0 Å². The highest BCUT2D eigenvalue weighted by atomic mass is 16.5. The molecule has 2 aromatic rings. The minimum atomic E-state index is 0.0242. The van der Waals surface area contributed by atoms with E-state index in [1.165, 1.54) is 0 Å². The van der Waals surface area contributed by atoms with E-state index in [1.807, 2.05) is 31.3 Å². The van der Waals surface area contributed by atoms with Gasteiger partial charge >= 0.3 is 0 Å². The number of aryl methyl sites for hydroxylation is 1. The second kappa shape index (κ2) is 7.34. The molecule has 0 spiro atoms. The molecule has 27 heavy (non-hydrogen) atoms. The van der Waals surface area contributed by atoms with Crippen molar-refractivity contribution in [2.24, 2.45) is 0 Å². The maximum atomic E-state index is 10.9. The monoisotopic (exact) mass is 369 g/mol. The fourth-order valence-corrected chi connectivity index (χ4v) is 3.59. The quantitative estimate of drug-likeness (QED) is 0.755. The Morgan fingerprint density at radius 2 is 2.19 bits per heavy atom. The van der Waals surface area contributed by atoms with Crippen molar-refractivity contribution in [1.29, 1.82) is 0 Å². The van der Waals surface area contributed by atoms with Crippen LogP contribution in [0.1, 0.15) is 12.0 Å². The van der Waals surface area contributed by atoms with Crippen LogP contribution in [0.15, 0.2) is 30.5 Å². The zero-order valence-electron chi connectivity index (χ0n) is 15.6. The van der Waals surface area contributed by atoms with E-state index in [1.54, 1.807) is 12.0 Å². The van der Waals surface area contributed by atoms with Crippen molar-refractivity contribution in [3.8, 4) is 17.4 Å². The molecule has 3 heterocycles. The predicted molar refractivity (Wildman–Crippen MR) is 101 cm³/mol. The van der Waals surface area contributed by atoms with Crippen LogP contribution in [-0.2, 0) is 4.79 Å². The van der Waals surface area contributed by atoms with Crippen LogP contribution in [0.25, 0.3) is 0 Å². The van der Waals surface area contributed by atoms with Gasteiger partial charge in [0.2, 0.25) is 12.3 Å². The summed E-state index contributed by atoms with van der Waals surface area (Å²) in [4.78, 5) is 19.2. The summed E-state index contributed by atoms with van der Waals surface area (Å²) in [5, 5.41) is 0. The predicted octanol–water partition coefficient (Wildman–Crippen LogP) is 2.54. The van der Waals surface area contributed by atoms with Crippen LogP contribution in [0.4, 0.5) is 11.4 Å². The molecule has 2 aliphatic rings. The number of aromatic nitrogens is 1. The SMILES string of the molecule is COc1ncc(N2CCOc3ccc(O[C@H]4CCN(C=O)C4)cc32)cc1C. The first-order chi connectivity index (χ1) is 13.2. The molecule has 1 aromatic heterocycles. The number of pyridine rings is 1. The molecular formula is C20H23N3O4. The molecule has 1 aromatic carbocycles. The number of rotatable bonds is 5. The van der Waals surface area contributed by atoms with E-state index in [0.29, 0.717) is 19.0 Å². The van der Waals surface area contributed by atoms with Gasteiger partial charge in [0, 0.05) is 24.6 Å².